The van der Waals surface area contributed by atoms with E-state index < -0.39 is 0 Å². The molecule has 0 saturated heterocycles. The van der Waals surface area contributed by atoms with Gasteiger partial charge in [-0.05, 0) is 72.5 Å². The van der Waals surface area contributed by atoms with Gasteiger partial charge in [0.05, 0.1) is 0 Å². The molecular formula is C26H24N2. The highest BCUT2D eigenvalue weighted by Gasteiger charge is 2.08. The first-order valence-corrected chi connectivity index (χ1v) is 9.49. The third-order valence-corrected chi connectivity index (χ3v) is 4.94. The molecule has 138 valence electrons. The van der Waals surface area contributed by atoms with Crippen molar-refractivity contribution in [3.8, 4) is 22.3 Å². The summed E-state index contributed by atoms with van der Waals surface area (Å²) in [6.45, 7) is 4.20. The van der Waals surface area contributed by atoms with Crippen LogP contribution < -0.4 is 11.1 Å². The van der Waals surface area contributed by atoms with E-state index in [1.54, 1.807) is 0 Å². The predicted molar refractivity (Wildman–Crippen MR) is 121 cm³/mol. The highest BCUT2D eigenvalue weighted by Crippen LogP contribution is 2.34. The number of aryl methyl sites for hydroxylation is 2. The Balaban J connectivity index is 1.65. The smallest absolute Gasteiger partial charge is 0.0384 e. The van der Waals surface area contributed by atoms with Gasteiger partial charge in [0.2, 0.25) is 0 Å². The van der Waals surface area contributed by atoms with Crippen LogP contribution in [0.15, 0.2) is 91.0 Å². The fraction of sp³-hybridized carbons (Fsp3) is 0.0769. The minimum absolute atomic E-state index is 0.775. The average Bonchev–Trinajstić information content (AvgIpc) is 2.71. The van der Waals surface area contributed by atoms with Gasteiger partial charge < -0.3 is 11.1 Å². The fourth-order valence-electron chi connectivity index (χ4n) is 3.32. The molecule has 4 rings (SSSR count). The number of nitrogens with one attached hydrogen (secondary N) is 1. The quantitative estimate of drug-likeness (QED) is 0.384. The molecule has 4 aromatic carbocycles. The summed E-state index contributed by atoms with van der Waals surface area (Å²) in [4.78, 5) is 0. The Bertz CT molecular complexity index is 1080. The lowest BCUT2D eigenvalue weighted by Gasteiger charge is -2.13. The van der Waals surface area contributed by atoms with Crippen molar-refractivity contribution >= 4 is 17.1 Å². The molecule has 0 radical (unpaired) electrons. The monoisotopic (exact) mass is 364 g/mol. The van der Waals surface area contributed by atoms with Gasteiger partial charge in [-0.15, -0.1) is 0 Å². The first-order valence-electron chi connectivity index (χ1n) is 9.49. The fourth-order valence-corrected chi connectivity index (χ4v) is 3.32. The van der Waals surface area contributed by atoms with Gasteiger partial charge in [-0.3, -0.25) is 0 Å². The first-order chi connectivity index (χ1) is 13.6. The van der Waals surface area contributed by atoms with Crippen molar-refractivity contribution in [1.29, 1.82) is 0 Å². The van der Waals surface area contributed by atoms with Crippen LogP contribution in [0.3, 0.4) is 0 Å². The minimum Gasteiger partial charge on any atom is -0.399 e. The first kappa shape index (κ1) is 17.9. The third-order valence-electron chi connectivity index (χ3n) is 4.94. The van der Waals surface area contributed by atoms with Crippen LogP contribution in [0.5, 0.6) is 0 Å². The second-order valence-corrected chi connectivity index (χ2v) is 7.24. The molecule has 0 aliphatic carbocycles. The van der Waals surface area contributed by atoms with Crippen LogP contribution in [0.2, 0.25) is 0 Å². The van der Waals surface area contributed by atoms with Crippen LogP contribution >= 0.6 is 0 Å². The van der Waals surface area contributed by atoms with Crippen molar-refractivity contribution in [2.45, 2.75) is 13.8 Å². The molecule has 0 bridgehead atoms. The lowest BCUT2D eigenvalue weighted by Crippen LogP contribution is -1.92. The molecule has 0 aliphatic heterocycles. The van der Waals surface area contributed by atoms with Crippen molar-refractivity contribution in [2.75, 3.05) is 11.1 Å². The zero-order valence-electron chi connectivity index (χ0n) is 16.2. The largest absolute Gasteiger partial charge is 0.399 e. The number of nitrogens with two attached hydrogens (primary N) is 1. The molecule has 0 spiro atoms. The van der Waals surface area contributed by atoms with Crippen LogP contribution in [0.4, 0.5) is 17.1 Å². The molecule has 0 amide bonds. The van der Waals surface area contributed by atoms with E-state index in [9.17, 15) is 0 Å². The van der Waals surface area contributed by atoms with Gasteiger partial charge in [-0.2, -0.15) is 0 Å². The highest BCUT2D eigenvalue weighted by molar-refractivity contribution is 5.86. The van der Waals surface area contributed by atoms with E-state index in [4.69, 9.17) is 5.73 Å². The van der Waals surface area contributed by atoms with E-state index >= 15 is 0 Å². The molecular weight excluding hydrogens is 340 g/mol. The van der Waals surface area contributed by atoms with Crippen molar-refractivity contribution in [3.05, 3.63) is 102 Å². The van der Waals surface area contributed by atoms with Crippen LogP contribution in [0, 0.1) is 13.8 Å². The number of benzene rings is 4. The Kier molecular flexibility index (Phi) is 4.86. The zero-order chi connectivity index (χ0) is 19.5. The van der Waals surface area contributed by atoms with E-state index in [0.29, 0.717) is 0 Å². The summed E-state index contributed by atoms with van der Waals surface area (Å²) in [5, 5.41) is 3.45. The van der Waals surface area contributed by atoms with Crippen LogP contribution in [-0.2, 0) is 0 Å². The van der Waals surface area contributed by atoms with Crippen molar-refractivity contribution < 1.29 is 0 Å². The van der Waals surface area contributed by atoms with E-state index in [1.165, 1.54) is 27.8 Å². The summed E-state index contributed by atoms with van der Waals surface area (Å²) in [7, 11) is 0. The van der Waals surface area contributed by atoms with Crippen LogP contribution in [0.1, 0.15) is 11.1 Å². The number of hydrogen-bond acceptors (Lipinski definition) is 2. The van der Waals surface area contributed by atoms with E-state index in [-0.39, 0.29) is 0 Å². The summed E-state index contributed by atoms with van der Waals surface area (Å²) < 4.78 is 0. The van der Waals surface area contributed by atoms with Gasteiger partial charge in [-0.25, -0.2) is 0 Å². The van der Waals surface area contributed by atoms with Crippen LogP contribution in [-0.4, -0.2) is 0 Å². The summed E-state index contributed by atoms with van der Waals surface area (Å²) in [6.07, 6.45) is 0. The maximum atomic E-state index is 6.08. The van der Waals surface area contributed by atoms with E-state index in [1.807, 2.05) is 6.07 Å². The molecule has 0 unspecified atom stereocenters. The zero-order valence-corrected chi connectivity index (χ0v) is 16.2. The standard InChI is InChI=1S/C26H24N2/c1-18-3-7-21(8-4-18)26-17-22(27)11-16-25(26)20-9-14-24(15-10-20)28-23-12-5-19(2)6-13-23/h3-17,28H,27H2,1-2H3. The number of nitrogen functional groups attached to an aromatic ring is 1. The maximum Gasteiger partial charge on any atom is 0.0384 e. The van der Waals surface area contributed by atoms with Crippen molar-refractivity contribution in [2.24, 2.45) is 0 Å². The Labute approximate surface area is 166 Å². The van der Waals surface area contributed by atoms with Gasteiger partial charge in [0.1, 0.15) is 0 Å². The Hall–Kier alpha value is -3.52. The Morgan fingerprint density at radius 2 is 1.00 bits per heavy atom. The predicted octanol–water partition coefficient (Wildman–Crippen LogP) is 6.96. The van der Waals surface area contributed by atoms with E-state index in [0.717, 1.165) is 22.6 Å². The second-order valence-electron chi connectivity index (χ2n) is 7.24. The molecule has 3 N–H and O–H groups in total. The summed E-state index contributed by atoms with van der Waals surface area (Å²) in [6, 6.07) is 31.6. The molecule has 4 aromatic rings. The van der Waals surface area contributed by atoms with Gasteiger partial charge in [-0.1, -0.05) is 65.7 Å². The number of rotatable bonds is 4. The Morgan fingerprint density at radius 3 is 1.61 bits per heavy atom. The topological polar surface area (TPSA) is 38.0 Å². The Morgan fingerprint density at radius 1 is 0.536 bits per heavy atom. The summed E-state index contributed by atoms with van der Waals surface area (Å²) >= 11 is 0. The highest BCUT2D eigenvalue weighted by atomic mass is 14.9. The van der Waals surface area contributed by atoms with Gasteiger partial charge >= 0.3 is 0 Å². The maximum absolute atomic E-state index is 6.08. The minimum atomic E-state index is 0.775. The summed E-state index contributed by atoms with van der Waals surface area (Å²) in [5.41, 5.74) is 16.2. The normalized spacial score (nSPS) is 10.6. The molecule has 0 aliphatic rings. The lowest BCUT2D eigenvalue weighted by atomic mass is 9.93. The summed E-state index contributed by atoms with van der Waals surface area (Å²) in [5.74, 6) is 0. The SMILES string of the molecule is Cc1ccc(Nc2ccc(-c3ccc(N)cc3-c3ccc(C)cc3)cc2)cc1. The van der Waals surface area contributed by atoms with Crippen molar-refractivity contribution in [1.82, 2.24) is 0 Å². The van der Waals surface area contributed by atoms with Gasteiger partial charge in [0.15, 0.2) is 0 Å². The van der Waals surface area contributed by atoms with Gasteiger partial charge in [0, 0.05) is 17.1 Å². The second kappa shape index (κ2) is 7.61. The molecule has 2 heteroatoms. The third kappa shape index (κ3) is 3.91. The average molecular weight is 364 g/mol. The van der Waals surface area contributed by atoms with E-state index in [2.05, 4.69) is 104 Å². The molecule has 0 heterocycles. The molecule has 0 aromatic heterocycles. The lowest BCUT2D eigenvalue weighted by molar-refractivity contribution is 1.45. The van der Waals surface area contributed by atoms with Gasteiger partial charge in [0.25, 0.3) is 0 Å². The van der Waals surface area contributed by atoms with Crippen LogP contribution in [0.25, 0.3) is 22.3 Å². The molecule has 0 atom stereocenters. The molecule has 0 saturated carbocycles. The molecule has 0 fully saturated rings. The van der Waals surface area contributed by atoms with Crippen molar-refractivity contribution in [3.63, 3.8) is 0 Å². The number of anilines is 3. The molecule has 2 nitrogen and oxygen atoms in total. The number of hydrogen-bond donors (Lipinski definition) is 2. The molecule has 28 heavy (non-hydrogen) atoms.